The summed E-state index contributed by atoms with van der Waals surface area (Å²) in [5.41, 5.74) is 1.40. The van der Waals surface area contributed by atoms with Gasteiger partial charge in [0, 0.05) is 13.2 Å². The van der Waals surface area contributed by atoms with Crippen LogP contribution in [0.4, 0.5) is 0 Å². The highest BCUT2D eigenvalue weighted by Gasteiger charge is 2.21. The summed E-state index contributed by atoms with van der Waals surface area (Å²) in [5, 5.41) is 3.58. The molecule has 1 rings (SSSR count). The van der Waals surface area contributed by atoms with Crippen LogP contribution in [0, 0.1) is 0 Å². The minimum absolute atomic E-state index is 0.137. The SMILES string of the molecule is CCCNC(CCCc1ccccc1)C(OCC)OCC. The van der Waals surface area contributed by atoms with Crippen molar-refractivity contribution in [3.8, 4) is 0 Å². The van der Waals surface area contributed by atoms with Crippen LogP contribution in [-0.4, -0.2) is 32.1 Å². The molecular formula is C18H31NO2. The van der Waals surface area contributed by atoms with Crippen molar-refractivity contribution in [2.75, 3.05) is 19.8 Å². The van der Waals surface area contributed by atoms with Gasteiger partial charge in [-0.25, -0.2) is 0 Å². The quantitative estimate of drug-likeness (QED) is 0.595. The first-order valence-electron chi connectivity index (χ1n) is 8.32. The Morgan fingerprint density at radius 3 is 2.24 bits per heavy atom. The van der Waals surface area contributed by atoms with Crippen LogP contribution in [0.1, 0.15) is 45.6 Å². The molecule has 0 bridgehead atoms. The summed E-state index contributed by atoms with van der Waals surface area (Å²) in [7, 11) is 0. The maximum atomic E-state index is 5.76. The number of ether oxygens (including phenoxy) is 2. The summed E-state index contributed by atoms with van der Waals surface area (Å²) in [5.74, 6) is 0. The van der Waals surface area contributed by atoms with Crippen LogP contribution in [0.25, 0.3) is 0 Å². The van der Waals surface area contributed by atoms with Gasteiger partial charge in [-0.15, -0.1) is 0 Å². The van der Waals surface area contributed by atoms with Gasteiger partial charge < -0.3 is 14.8 Å². The van der Waals surface area contributed by atoms with E-state index in [4.69, 9.17) is 9.47 Å². The Hall–Kier alpha value is -0.900. The van der Waals surface area contributed by atoms with Crippen molar-refractivity contribution in [3.63, 3.8) is 0 Å². The fourth-order valence-electron chi connectivity index (χ4n) is 2.44. The van der Waals surface area contributed by atoms with Gasteiger partial charge in [0.15, 0.2) is 6.29 Å². The average molecular weight is 293 g/mol. The first-order chi connectivity index (χ1) is 10.3. The van der Waals surface area contributed by atoms with Gasteiger partial charge in [0.25, 0.3) is 0 Å². The lowest BCUT2D eigenvalue weighted by molar-refractivity contribution is -0.155. The lowest BCUT2D eigenvalue weighted by Crippen LogP contribution is -2.43. The van der Waals surface area contributed by atoms with Crippen molar-refractivity contribution in [2.24, 2.45) is 0 Å². The molecule has 3 heteroatoms. The zero-order valence-corrected chi connectivity index (χ0v) is 13.8. The van der Waals surface area contributed by atoms with E-state index in [1.165, 1.54) is 5.56 Å². The third kappa shape index (κ3) is 7.60. The highest BCUT2D eigenvalue weighted by molar-refractivity contribution is 5.14. The molecule has 0 heterocycles. The van der Waals surface area contributed by atoms with Crippen LogP contribution in [-0.2, 0) is 15.9 Å². The second kappa shape index (κ2) is 11.7. The Kier molecular flexibility index (Phi) is 10.1. The zero-order chi connectivity index (χ0) is 15.3. The van der Waals surface area contributed by atoms with Crippen LogP contribution in [0.2, 0.25) is 0 Å². The number of hydrogen-bond donors (Lipinski definition) is 1. The first-order valence-corrected chi connectivity index (χ1v) is 8.32. The van der Waals surface area contributed by atoms with E-state index in [1.807, 2.05) is 13.8 Å². The molecule has 1 aromatic carbocycles. The van der Waals surface area contributed by atoms with Gasteiger partial charge in [-0.3, -0.25) is 0 Å². The predicted molar refractivity (Wildman–Crippen MR) is 88.5 cm³/mol. The average Bonchev–Trinajstić information content (AvgIpc) is 2.51. The summed E-state index contributed by atoms with van der Waals surface area (Å²) < 4.78 is 11.5. The van der Waals surface area contributed by atoms with E-state index in [0.717, 1.165) is 32.2 Å². The molecule has 0 spiro atoms. The second-order valence-electron chi connectivity index (χ2n) is 5.22. The molecule has 120 valence electrons. The standard InChI is InChI=1S/C18H31NO2/c1-4-15-19-17(18(20-5-2)21-6-3)14-10-13-16-11-8-7-9-12-16/h7-9,11-12,17-19H,4-6,10,13-15H2,1-3H3. The summed E-state index contributed by atoms with van der Waals surface area (Å²) in [6.07, 6.45) is 4.31. The van der Waals surface area contributed by atoms with Crippen molar-refractivity contribution in [2.45, 2.75) is 58.8 Å². The summed E-state index contributed by atoms with van der Waals surface area (Å²) >= 11 is 0. The van der Waals surface area contributed by atoms with E-state index in [-0.39, 0.29) is 12.3 Å². The molecule has 1 N–H and O–H groups in total. The highest BCUT2D eigenvalue weighted by atomic mass is 16.7. The van der Waals surface area contributed by atoms with Crippen LogP contribution in [0.15, 0.2) is 30.3 Å². The van der Waals surface area contributed by atoms with Crippen LogP contribution in [0.3, 0.4) is 0 Å². The van der Waals surface area contributed by atoms with E-state index in [1.54, 1.807) is 0 Å². The van der Waals surface area contributed by atoms with Crippen LogP contribution in [0.5, 0.6) is 0 Å². The Balaban J connectivity index is 2.47. The fraction of sp³-hybridized carbons (Fsp3) is 0.667. The van der Waals surface area contributed by atoms with Gasteiger partial charge in [-0.1, -0.05) is 37.3 Å². The van der Waals surface area contributed by atoms with Crippen LogP contribution >= 0.6 is 0 Å². The number of nitrogens with one attached hydrogen (secondary N) is 1. The molecule has 1 unspecified atom stereocenters. The lowest BCUT2D eigenvalue weighted by Gasteiger charge is -2.27. The molecule has 0 aliphatic carbocycles. The fourth-order valence-corrected chi connectivity index (χ4v) is 2.44. The van der Waals surface area contributed by atoms with Crippen molar-refractivity contribution in [3.05, 3.63) is 35.9 Å². The van der Waals surface area contributed by atoms with Gasteiger partial charge in [0.1, 0.15) is 0 Å². The van der Waals surface area contributed by atoms with Gasteiger partial charge in [0.2, 0.25) is 0 Å². The molecule has 21 heavy (non-hydrogen) atoms. The van der Waals surface area contributed by atoms with E-state index >= 15 is 0 Å². The predicted octanol–water partition coefficient (Wildman–Crippen LogP) is 3.78. The molecule has 0 amide bonds. The first kappa shape index (κ1) is 18.1. The van der Waals surface area contributed by atoms with Crippen molar-refractivity contribution < 1.29 is 9.47 Å². The minimum Gasteiger partial charge on any atom is -0.351 e. The number of aryl methyl sites for hydroxylation is 1. The largest absolute Gasteiger partial charge is 0.351 e. The molecule has 0 aliphatic rings. The molecule has 1 atom stereocenters. The molecule has 0 saturated carbocycles. The van der Waals surface area contributed by atoms with Gasteiger partial charge in [-0.05, 0) is 51.6 Å². The van der Waals surface area contributed by atoms with Crippen molar-refractivity contribution in [1.82, 2.24) is 5.32 Å². The third-order valence-corrected chi connectivity index (χ3v) is 3.47. The van der Waals surface area contributed by atoms with Crippen LogP contribution < -0.4 is 5.32 Å². The van der Waals surface area contributed by atoms with Gasteiger partial charge in [0.05, 0.1) is 6.04 Å². The van der Waals surface area contributed by atoms with Gasteiger partial charge in [-0.2, -0.15) is 0 Å². The molecular weight excluding hydrogens is 262 g/mol. The molecule has 0 radical (unpaired) electrons. The van der Waals surface area contributed by atoms with E-state index < -0.39 is 0 Å². The zero-order valence-electron chi connectivity index (χ0n) is 13.8. The number of rotatable bonds is 12. The van der Waals surface area contributed by atoms with E-state index in [0.29, 0.717) is 13.2 Å². The summed E-state index contributed by atoms with van der Waals surface area (Å²) in [6, 6.07) is 10.9. The molecule has 0 fully saturated rings. The topological polar surface area (TPSA) is 30.5 Å². The molecule has 3 nitrogen and oxygen atoms in total. The third-order valence-electron chi connectivity index (χ3n) is 3.47. The number of hydrogen-bond acceptors (Lipinski definition) is 3. The Morgan fingerprint density at radius 1 is 1.00 bits per heavy atom. The van der Waals surface area contributed by atoms with Crippen molar-refractivity contribution in [1.29, 1.82) is 0 Å². The Labute approximate surface area is 130 Å². The number of benzene rings is 1. The summed E-state index contributed by atoms with van der Waals surface area (Å²) in [6.45, 7) is 8.61. The Bertz CT molecular complexity index is 336. The molecule has 0 saturated heterocycles. The second-order valence-corrected chi connectivity index (χ2v) is 5.22. The maximum Gasteiger partial charge on any atom is 0.172 e. The molecule has 1 aromatic rings. The van der Waals surface area contributed by atoms with Gasteiger partial charge >= 0.3 is 0 Å². The Morgan fingerprint density at radius 2 is 1.67 bits per heavy atom. The monoisotopic (exact) mass is 293 g/mol. The van der Waals surface area contributed by atoms with Crippen molar-refractivity contribution >= 4 is 0 Å². The minimum atomic E-state index is -0.137. The maximum absolute atomic E-state index is 5.76. The van der Waals surface area contributed by atoms with E-state index in [9.17, 15) is 0 Å². The normalized spacial score (nSPS) is 12.8. The molecule has 0 aromatic heterocycles. The highest BCUT2D eigenvalue weighted by Crippen LogP contribution is 2.12. The lowest BCUT2D eigenvalue weighted by atomic mass is 10.0. The smallest absolute Gasteiger partial charge is 0.172 e. The van der Waals surface area contributed by atoms with E-state index in [2.05, 4.69) is 42.6 Å². The molecule has 0 aliphatic heterocycles. The summed E-state index contributed by atoms with van der Waals surface area (Å²) in [4.78, 5) is 0.